The Labute approximate surface area is 247 Å². The third-order valence-electron chi connectivity index (χ3n) is 10.9. The first-order valence-electron chi connectivity index (χ1n) is 14.9. The predicted octanol–water partition coefficient (Wildman–Crippen LogP) is 4.60. The summed E-state index contributed by atoms with van der Waals surface area (Å²) in [6.07, 6.45) is 1.25. The third kappa shape index (κ3) is 3.90. The number of benzene rings is 2. The summed E-state index contributed by atoms with van der Waals surface area (Å²) in [5.74, 6) is -1.37. The number of carbonyl (C=O) groups is 2. The lowest BCUT2D eigenvalue weighted by molar-refractivity contribution is -0.190. The molecule has 0 aromatic heterocycles. The number of aliphatic hydroxyl groups excluding tert-OH is 2. The number of ketones is 1. The van der Waals surface area contributed by atoms with Gasteiger partial charge in [0.25, 0.3) is 0 Å². The molecular weight excluding hydrogens is 530 g/mol. The number of ether oxygens (including phenoxy) is 1. The maximum Gasteiger partial charge on any atom is 0.341 e. The van der Waals surface area contributed by atoms with Crippen LogP contribution in [0.15, 0.2) is 71.8 Å². The topological polar surface area (TPSA) is 116 Å². The van der Waals surface area contributed by atoms with Crippen molar-refractivity contribution >= 4 is 17.4 Å². The molecule has 0 heterocycles. The second-order valence-corrected chi connectivity index (χ2v) is 13.5. The van der Waals surface area contributed by atoms with E-state index in [4.69, 9.17) is 4.74 Å². The first kappa shape index (κ1) is 28.8. The summed E-state index contributed by atoms with van der Waals surface area (Å²) >= 11 is 0. The van der Waals surface area contributed by atoms with Crippen molar-refractivity contribution in [2.45, 2.75) is 65.4 Å². The number of aryl methyl sites for hydroxylation is 1. The summed E-state index contributed by atoms with van der Waals surface area (Å²) in [6.45, 7) is 9.81. The summed E-state index contributed by atoms with van der Waals surface area (Å²) in [6, 6.07) is 15.3. The first-order valence-corrected chi connectivity index (χ1v) is 14.9. The van der Waals surface area contributed by atoms with E-state index in [9.17, 15) is 24.9 Å². The Morgan fingerprint density at radius 2 is 1.81 bits per heavy atom. The molecule has 0 aliphatic heterocycles. The number of nitrogens with one attached hydrogen (secondary N) is 1. The number of anilines is 1. The van der Waals surface area contributed by atoms with Gasteiger partial charge in [-0.05, 0) is 71.8 Å². The summed E-state index contributed by atoms with van der Waals surface area (Å²) in [5.41, 5.74) is -0.334. The average molecular weight is 572 g/mol. The Morgan fingerprint density at radius 1 is 1.10 bits per heavy atom. The van der Waals surface area contributed by atoms with E-state index in [0.717, 1.165) is 5.56 Å². The standard InChI is InChI=1S/C35H41NO6/c1-19-10-9-13-26(36-17-22-11-7-6-8-12-22)27(19)32(40)42-31-20(2)16-34-21(3)14-25-28(33(25,4)5)24(30(34)39)15-23(18-37)29(38)35(31,34)41/h6-13,15-16,21,24-25,28-29,31,36-38,41H,14,17-18H2,1-5H3/t21-,24?,25-,28+,29?,31?,34?,35?/m1/s1. The number of Topliss-reactive ketones (excluding diaryl/α,β-unsaturated/α-hetero) is 1. The Bertz CT molecular complexity index is 1490. The van der Waals surface area contributed by atoms with Crippen LogP contribution in [-0.2, 0) is 16.1 Å². The monoisotopic (exact) mass is 571 g/mol. The predicted molar refractivity (Wildman–Crippen MR) is 160 cm³/mol. The zero-order valence-corrected chi connectivity index (χ0v) is 24.9. The lowest BCUT2D eigenvalue weighted by atomic mass is 9.59. The van der Waals surface area contributed by atoms with Gasteiger partial charge in [-0.15, -0.1) is 0 Å². The van der Waals surface area contributed by atoms with E-state index in [1.54, 1.807) is 19.1 Å². The van der Waals surface area contributed by atoms with Crippen LogP contribution in [0.5, 0.6) is 0 Å². The molecule has 1 spiro atoms. The van der Waals surface area contributed by atoms with Gasteiger partial charge in [0.1, 0.15) is 6.10 Å². The third-order valence-corrected chi connectivity index (χ3v) is 10.9. The molecule has 2 saturated carbocycles. The Morgan fingerprint density at radius 3 is 2.50 bits per heavy atom. The second kappa shape index (κ2) is 9.90. The Balaban J connectivity index is 1.38. The van der Waals surface area contributed by atoms with Gasteiger partial charge in [-0.1, -0.05) is 75.4 Å². The summed E-state index contributed by atoms with van der Waals surface area (Å²) in [5, 5.41) is 38.2. The van der Waals surface area contributed by atoms with Crippen molar-refractivity contribution in [3.05, 3.63) is 88.5 Å². The van der Waals surface area contributed by atoms with Gasteiger partial charge in [-0.2, -0.15) is 0 Å². The molecule has 4 aliphatic carbocycles. The van der Waals surface area contributed by atoms with Crippen LogP contribution in [0.2, 0.25) is 0 Å². The SMILES string of the molecule is CC1=CC23C(=O)C(C=C(CO)C(O)C2(O)C1OC(=O)c1c(C)cccc1NCc1ccccc1)[C@H]1[C@@H](C[C@H]3C)C1(C)C. The van der Waals surface area contributed by atoms with Gasteiger partial charge in [0.15, 0.2) is 17.5 Å². The van der Waals surface area contributed by atoms with E-state index in [0.29, 0.717) is 35.4 Å². The number of hydrogen-bond donors (Lipinski definition) is 4. The molecule has 2 bridgehead atoms. The second-order valence-electron chi connectivity index (χ2n) is 13.5. The highest BCUT2D eigenvalue weighted by Gasteiger charge is 2.76. The molecule has 2 aromatic rings. The number of rotatable bonds is 6. The molecule has 4 N–H and O–H groups in total. The fraction of sp³-hybridized carbons (Fsp3) is 0.486. The van der Waals surface area contributed by atoms with Gasteiger partial charge in [-0.25, -0.2) is 4.79 Å². The fourth-order valence-corrected chi connectivity index (χ4v) is 8.64. The van der Waals surface area contributed by atoms with Gasteiger partial charge >= 0.3 is 5.97 Å². The number of carbonyl (C=O) groups excluding carboxylic acids is 2. The van der Waals surface area contributed by atoms with Crippen molar-refractivity contribution in [2.75, 3.05) is 11.9 Å². The highest BCUT2D eigenvalue weighted by molar-refractivity contribution is 5.98. The molecule has 0 saturated heterocycles. The molecular formula is C35H41NO6. The van der Waals surface area contributed by atoms with Crippen LogP contribution in [0, 0.1) is 41.4 Å². The number of allylic oxidation sites excluding steroid dienone is 1. The molecule has 6 rings (SSSR count). The van der Waals surface area contributed by atoms with Gasteiger partial charge in [-0.3, -0.25) is 4.79 Å². The van der Waals surface area contributed by atoms with Gasteiger partial charge in [0.05, 0.1) is 17.6 Å². The normalized spacial score (nSPS) is 36.0. The average Bonchev–Trinajstić information content (AvgIpc) is 3.45. The zero-order chi connectivity index (χ0) is 30.2. The van der Waals surface area contributed by atoms with Gasteiger partial charge in [0.2, 0.25) is 0 Å². The van der Waals surface area contributed by atoms with Gasteiger partial charge < -0.3 is 25.4 Å². The molecule has 42 heavy (non-hydrogen) atoms. The largest absolute Gasteiger partial charge is 0.451 e. The highest BCUT2D eigenvalue weighted by atomic mass is 16.6. The molecule has 2 fully saturated rings. The lowest BCUT2D eigenvalue weighted by Crippen LogP contribution is -2.65. The summed E-state index contributed by atoms with van der Waals surface area (Å²) in [7, 11) is 0. The molecule has 7 heteroatoms. The Kier molecular flexibility index (Phi) is 6.80. The van der Waals surface area contributed by atoms with Crippen LogP contribution in [0.4, 0.5) is 5.69 Å². The van der Waals surface area contributed by atoms with E-state index < -0.39 is 41.7 Å². The van der Waals surface area contributed by atoms with Crippen molar-refractivity contribution in [1.82, 2.24) is 0 Å². The van der Waals surface area contributed by atoms with Crippen LogP contribution in [0.25, 0.3) is 0 Å². The molecule has 0 radical (unpaired) electrons. The van der Waals surface area contributed by atoms with Crippen LogP contribution < -0.4 is 5.32 Å². The smallest absolute Gasteiger partial charge is 0.341 e. The molecule has 5 unspecified atom stereocenters. The molecule has 7 nitrogen and oxygen atoms in total. The molecule has 0 amide bonds. The minimum Gasteiger partial charge on any atom is -0.451 e. The van der Waals surface area contributed by atoms with E-state index in [1.165, 1.54) is 0 Å². The van der Waals surface area contributed by atoms with Crippen molar-refractivity contribution in [2.24, 2.45) is 34.5 Å². The quantitative estimate of drug-likeness (QED) is 0.296. The van der Waals surface area contributed by atoms with Crippen molar-refractivity contribution < 1.29 is 29.6 Å². The molecule has 222 valence electrons. The van der Waals surface area contributed by atoms with Crippen molar-refractivity contribution in [1.29, 1.82) is 0 Å². The summed E-state index contributed by atoms with van der Waals surface area (Å²) < 4.78 is 6.16. The molecule has 8 atom stereocenters. The molecule has 2 aromatic carbocycles. The summed E-state index contributed by atoms with van der Waals surface area (Å²) in [4.78, 5) is 28.6. The van der Waals surface area contributed by atoms with E-state index in [2.05, 4.69) is 19.2 Å². The van der Waals surface area contributed by atoms with Gasteiger partial charge in [0, 0.05) is 18.2 Å². The number of esters is 1. The lowest BCUT2D eigenvalue weighted by Gasteiger charge is -2.48. The molecule has 4 aliphatic rings. The van der Waals surface area contributed by atoms with E-state index in [-0.39, 0.29) is 34.5 Å². The van der Waals surface area contributed by atoms with E-state index >= 15 is 0 Å². The Hall–Kier alpha value is -3.26. The maximum absolute atomic E-state index is 14.6. The maximum atomic E-state index is 14.6. The van der Waals surface area contributed by atoms with Crippen LogP contribution >= 0.6 is 0 Å². The highest BCUT2D eigenvalue weighted by Crippen LogP contribution is 2.71. The van der Waals surface area contributed by atoms with Crippen molar-refractivity contribution in [3.8, 4) is 0 Å². The fourth-order valence-electron chi connectivity index (χ4n) is 8.64. The number of hydrogen-bond acceptors (Lipinski definition) is 7. The van der Waals surface area contributed by atoms with Crippen molar-refractivity contribution in [3.63, 3.8) is 0 Å². The number of aliphatic hydroxyl groups is 3. The first-order chi connectivity index (χ1) is 19.9. The minimum absolute atomic E-state index is 0.0577. The van der Waals surface area contributed by atoms with Crippen LogP contribution in [0.1, 0.15) is 55.6 Å². The minimum atomic E-state index is -2.17. The number of fused-ring (bicyclic) bond motifs is 3. The van der Waals surface area contributed by atoms with Crippen LogP contribution in [-0.4, -0.2) is 51.5 Å². The van der Waals surface area contributed by atoms with Crippen LogP contribution in [0.3, 0.4) is 0 Å². The van der Waals surface area contributed by atoms with E-state index in [1.807, 2.05) is 62.4 Å². The zero-order valence-electron chi connectivity index (χ0n) is 24.9.